The van der Waals surface area contributed by atoms with E-state index in [1.807, 2.05) is 13.0 Å². The molecule has 1 N–H and O–H groups in total. The molecule has 1 rings (SSSR count). The Kier molecular flexibility index (Phi) is 8.04. The summed E-state index contributed by atoms with van der Waals surface area (Å²) in [5, 5.41) is 10.0. The van der Waals surface area contributed by atoms with E-state index in [1.165, 1.54) is 18.4 Å². The van der Waals surface area contributed by atoms with Crippen LogP contribution in [0.2, 0.25) is 0 Å². The van der Waals surface area contributed by atoms with Crippen molar-refractivity contribution >= 4 is 5.97 Å². The van der Waals surface area contributed by atoms with E-state index in [1.54, 1.807) is 7.11 Å². The van der Waals surface area contributed by atoms with E-state index in [9.17, 15) is 9.90 Å². The fourth-order valence-electron chi connectivity index (χ4n) is 3.85. The van der Waals surface area contributed by atoms with Crippen molar-refractivity contribution in [3.8, 4) is 0 Å². The number of ether oxygens (including phenoxy) is 1. The number of unbranched alkanes of at least 4 members (excludes halogenated alkanes) is 2. The second kappa shape index (κ2) is 9.27. The lowest BCUT2D eigenvalue weighted by Gasteiger charge is -2.39. The SMILES string of the molecule is COCCC1C(C)=CC(C)=CC1(CCCCCC(C)C)C(=O)O. The first-order valence-electron chi connectivity index (χ1n) is 8.93. The summed E-state index contributed by atoms with van der Waals surface area (Å²) in [4.78, 5) is 12.2. The maximum Gasteiger partial charge on any atom is 0.314 e. The molecule has 0 aromatic carbocycles. The van der Waals surface area contributed by atoms with Gasteiger partial charge in [0.1, 0.15) is 0 Å². The average Bonchev–Trinajstić information content (AvgIpc) is 2.45. The zero-order chi connectivity index (χ0) is 17.5. The van der Waals surface area contributed by atoms with Gasteiger partial charge in [-0.3, -0.25) is 4.79 Å². The van der Waals surface area contributed by atoms with Crippen molar-refractivity contribution in [3.05, 3.63) is 23.3 Å². The van der Waals surface area contributed by atoms with Crippen molar-refractivity contribution in [2.75, 3.05) is 13.7 Å². The van der Waals surface area contributed by atoms with E-state index < -0.39 is 11.4 Å². The Morgan fingerprint density at radius 3 is 2.57 bits per heavy atom. The van der Waals surface area contributed by atoms with Gasteiger partial charge in [0.2, 0.25) is 0 Å². The molecule has 0 aromatic rings. The van der Waals surface area contributed by atoms with Gasteiger partial charge in [0.15, 0.2) is 0 Å². The van der Waals surface area contributed by atoms with E-state index in [0.717, 1.165) is 37.2 Å². The second-order valence-electron chi connectivity index (χ2n) is 7.45. The van der Waals surface area contributed by atoms with Crippen LogP contribution in [0.5, 0.6) is 0 Å². The summed E-state index contributed by atoms with van der Waals surface area (Å²) in [7, 11) is 1.68. The summed E-state index contributed by atoms with van der Waals surface area (Å²) in [6.07, 6.45) is 10.1. The number of allylic oxidation sites excluding steroid dienone is 3. The Morgan fingerprint density at radius 2 is 2.00 bits per heavy atom. The van der Waals surface area contributed by atoms with Crippen LogP contribution in [0.4, 0.5) is 0 Å². The van der Waals surface area contributed by atoms with E-state index in [-0.39, 0.29) is 5.92 Å². The second-order valence-corrected chi connectivity index (χ2v) is 7.45. The van der Waals surface area contributed by atoms with Crippen LogP contribution in [-0.4, -0.2) is 24.8 Å². The van der Waals surface area contributed by atoms with E-state index in [4.69, 9.17) is 4.74 Å². The molecule has 0 amide bonds. The molecule has 0 spiro atoms. The van der Waals surface area contributed by atoms with Crippen LogP contribution in [0.15, 0.2) is 23.3 Å². The molecule has 3 heteroatoms. The highest BCUT2D eigenvalue weighted by molar-refractivity contribution is 5.79. The maximum atomic E-state index is 12.2. The fourth-order valence-corrected chi connectivity index (χ4v) is 3.85. The summed E-state index contributed by atoms with van der Waals surface area (Å²) in [6.45, 7) is 9.15. The Balaban J connectivity index is 2.85. The third kappa shape index (κ3) is 5.49. The minimum absolute atomic E-state index is 0.0359. The molecule has 2 atom stereocenters. The number of hydrogen-bond donors (Lipinski definition) is 1. The molecule has 0 radical (unpaired) electrons. The normalized spacial score (nSPS) is 24.5. The molecule has 23 heavy (non-hydrogen) atoms. The lowest BCUT2D eigenvalue weighted by atomic mass is 9.64. The van der Waals surface area contributed by atoms with E-state index in [2.05, 4.69) is 26.8 Å². The molecule has 0 bridgehead atoms. The third-order valence-corrected chi connectivity index (χ3v) is 4.99. The topological polar surface area (TPSA) is 46.5 Å². The first-order valence-corrected chi connectivity index (χ1v) is 8.93. The van der Waals surface area contributed by atoms with Gasteiger partial charge >= 0.3 is 5.97 Å². The summed E-state index contributed by atoms with van der Waals surface area (Å²) in [5.41, 5.74) is 1.48. The van der Waals surface area contributed by atoms with Gasteiger partial charge in [-0.1, -0.05) is 62.8 Å². The number of methoxy groups -OCH3 is 1. The molecule has 0 aromatic heterocycles. The van der Waals surface area contributed by atoms with Crippen molar-refractivity contribution in [3.63, 3.8) is 0 Å². The van der Waals surface area contributed by atoms with Crippen LogP contribution in [0.1, 0.15) is 66.2 Å². The van der Waals surface area contributed by atoms with Crippen LogP contribution < -0.4 is 0 Å². The predicted octanol–water partition coefficient (Wildman–Crippen LogP) is 5.22. The molecule has 1 aliphatic carbocycles. The van der Waals surface area contributed by atoms with Gasteiger partial charge in [-0.15, -0.1) is 0 Å². The highest BCUT2D eigenvalue weighted by atomic mass is 16.5. The first-order chi connectivity index (χ1) is 10.8. The molecule has 0 heterocycles. The van der Waals surface area contributed by atoms with Gasteiger partial charge in [0.25, 0.3) is 0 Å². The number of rotatable bonds is 10. The Labute approximate surface area is 141 Å². The van der Waals surface area contributed by atoms with Crippen LogP contribution >= 0.6 is 0 Å². The molecule has 0 saturated carbocycles. The monoisotopic (exact) mass is 322 g/mol. The number of carboxylic acids is 1. The standard InChI is InChI=1S/C20H34O3/c1-15(2)9-7-6-8-11-20(19(21)22)14-16(3)13-17(4)18(20)10-12-23-5/h13-15,18H,6-12H2,1-5H3,(H,21,22). The lowest BCUT2D eigenvalue weighted by Crippen LogP contribution is -2.40. The molecule has 2 unspecified atom stereocenters. The van der Waals surface area contributed by atoms with Crippen molar-refractivity contribution in [1.29, 1.82) is 0 Å². The number of carboxylic acid groups (broad SMARTS) is 1. The Hall–Kier alpha value is -1.09. The zero-order valence-electron chi connectivity index (χ0n) is 15.5. The largest absolute Gasteiger partial charge is 0.481 e. The Morgan fingerprint density at radius 1 is 1.30 bits per heavy atom. The molecule has 0 fully saturated rings. The first kappa shape index (κ1) is 20.0. The lowest BCUT2D eigenvalue weighted by molar-refractivity contribution is -0.149. The number of carbonyl (C=O) groups is 1. The predicted molar refractivity (Wildman–Crippen MR) is 95.5 cm³/mol. The number of aliphatic carboxylic acids is 1. The van der Waals surface area contributed by atoms with Gasteiger partial charge in [0, 0.05) is 19.6 Å². The van der Waals surface area contributed by atoms with E-state index >= 15 is 0 Å². The smallest absolute Gasteiger partial charge is 0.314 e. The summed E-state index contributed by atoms with van der Waals surface area (Å²) >= 11 is 0. The van der Waals surface area contributed by atoms with E-state index in [0.29, 0.717) is 6.61 Å². The van der Waals surface area contributed by atoms with Crippen LogP contribution in [0.3, 0.4) is 0 Å². The average molecular weight is 322 g/mol. The molecular formula is C20H34O3. The van der Waals surface area contributed by atoms with Gasteiger partial charge in [-0.05, 0) is 32.6 Å². The molecule has 3 nitrogen and oxygen atoms in total. The minimum Gasteiger partial charge on any atom is -0.481 e. The van der Waals surface area contributed by atoms with Crippen LogP contribution in [-0.2, 0) is 9.53 Å². The highest BCUT2D eigenvalue weighted by Crippen LogP contribution is 2.45. The minimum atomic E-state index is -0.765. The van der Waals surface area contributed by atoms with Gasteiger partial charge < -0.3 is 9.84 Å². The van der Waals surface area contributed by atoms with Crippen molar-refractivity contribution in [2.24, 2.45) is 17.3 Å². The third-order valence-electron chi connectivity index (χ3n) is 4.99. The van der Waals surface area contributed by atoms with Crippen molar-refractivity contribution < 1.29 is 14.6 Å². The maximum absolute atomic E-state index is 12.2. The quantitative estimate of drug-likeness (QED) is 0.561. The summed E-state index contributed by atoms with van der Waals surface area (Å²) in [5.74, 6) is 0.0721. The van der Waals surface area contributed by atoms with Gasteiger partial charge in [-0.25, -0.2) is 0 Å². The fraction of sp³-hybridized carbons (Fsp3) is 0.750. The molecular weight excluding hydrogens is 288 g/mol. The summed E-state index contributed by atoms with van der Waals surface area (Å²) < 4.78 is 5.22. The van der Waals surface area contributed by atoms with Gasteiger partial charge in [-0.2, -0.15) is 0 Å². The molecule has 132 valence electrons. The van der Waals surface area contributed by atoms with Crippen molar-refractivity contribution in [2.45, 2.75) is 66.2 Å². The van der Waals surface area contributed by atoms with Crippen LogP contribution in [0, 0.1) is 17.3 Å². The van der Waals surface area contributed by atoms with Crippen molar-refractivity contribution in [1.82, 2.24) is 0 Å². The number of hydrogen-bond acceptors (Lipinski definition) is 2. The zero-order valence-corrected chi connectivity index (χ0v) is 15.5. The Bertz CT molecular complexity index is 448. The van der Waals surface area contributed by atoms with Gasteiger partial charge in [0.05, 0.1) is 5.41 Å². The highest BCUT2D eigenvalue weighted by Gasteiger charge is 2.45. The molecule has 1 aliphatic rings. The van der Waals surface area contributed by atoms with Crippen LogP contribution in [0.25, 0.3) is 0 Å². The summed E-state index contributed by atoms with van der Waals surface area (Å²) in [6, 6.07) is 0. The molecule has 0 aliphatic heterocycles. The molecule has 0 saturated heterocycles.